The van der Waals surface area contributed by atoms with Crippen LogP contribution in [-0.2, 0) is 19.6 Å². The zero-order valence-corrected chi connectivity index (χ0v) is 15.2. The Morgan fingerprint density at radius 1 is 1.25 bits per heavy atom. The Balaban J connectivity index is 0.00000288. The van der Waals surface area contributed by atoms with Crippen LogP contribution in [0.25, 0.3) is 0 Å². The van der Waals surface area contributed by atoms with Gasteiger partial charge in [0.05, 0.1) is 11.0 Å². The fourth-order valence-electron chi connectivity index (χ4n) is 2.36. The molecule has 2 rings (SSSR count). The van der Waals surface area contributed by atoms with Crippen molar-refractivity contribution in [1.82, 2.24) is 10.0 Å². The van der Waals surface area contributed by atoms with Crippen molar-refractivity contribution >= 4 is 28.3 Å². The zero-order valence-electron chi connectivity index (χ0n) is 13.5. The van der Waals surface area contributed by atoms with Gasteiger partial charge >= 0.3 is 0 Å². The number of nitrogens with one attached hydrogen (secondary N) is 2. The molecule has 0 saturated carbocycles. The molecule has 1 aromatic carbocycles. The summed E-state index contributed by atoms with van der Waals surface area (Å²) in [5.74, 6) is -0.226. The van der Waals surface area contributed by atoms with Crippen molar-refractivity contribution in [2.24, 2.45) is 5.73 Å². The van der Waals surface area contributed by atoms with Crippen molar-refractivity contribution in [3.63, 3.8) is 0 Å². The van der Waals surface area contributed by atoms with Gasteiger partial charge in [0.2, 0.25) is 15.9 Å². The molecule has 0 aromatic heterocycles. The van der Waals surface area contributed by atoms with Crippen LogP contribution in [0.2, 0.25) is 0 Å². The number of hydrogen-bond donors (Lipinski definition) is 3. The van der Waals surface area contributed by atoms with Crippen LogP contribution < -0.4 is 15.8 Å². The number of hydrogen-bond acceptors (Lipinski definition) is 5. The number of rotatable bonds is 7. The smallest absolute Gasteiger partial charge is 0.249 e. The van der Waals surface area contributed by atoms with Crippen molar-refractivity contribution < 1.29 is 17.9 Å². The van der Waals surface area contributed by atoms with E-state index in [1.807, 2.05) is 6.92 Å². The van der Waals surface area contributed by atoms with Gasteiger partial charge in [-0.1, -0.05) is 17.7 Å². The van der Waals surface area contributed by atoms with Crippen LogP contribution in [0.1, 0.15) is 18.4 Å². The van der Waals surface area contributed by atoms with Gasteiger partial charge in [0.25, 0.3) is 0 Å². The molecule has 0 aliphatic carbocycles. The van der Waals surface area contributed by atoms with Gasteiger partial charge in [-0.25, -0.2) is 13.1 Å². The highest BCUT2D eigenvalue weighted by Crippen LogP contribution is 2.18. The predicted octanol–water partition coefficient (Wildman–Crippen LogP) is 0.318. The quantitative estimate of drug-likeness (QED) is 0.592. The molecule has 7 nitrogen and oxygen atoms in total. The summed E-state index contributed by atoms with van der Waals surface area (Å²) in [6.07, 6.45) is 0.861. The molecule has 1 aliphatic rings. The Labute approximate surface area is 148 Å². The minimum atomic E-state index is -3.56. The van der Waals surface area contributed by atoms with Crippen LogP contribution in [0.4, 0.5) is 0 Å². The van der Waals surface area contributed by atoms with Crippen LogP contribution >= 0.6 is 12.4 Å². The molecule has 1 fully saturated rings. The molecule has 0 bridgehead atoms. The first kappa shape index (κ1) is 20.9. The molecule has 136 valence electrons. The Kier molecular flexibility index (Phi) is 8.11. The average molecular weight is 378 g/mol. The van der Waals surface area contributed by atoms with Crippen molar-refractivity contribution in [2.75, 3.05) is 19.6 Å². The first-order chi connectivity index (χ1) is 10.9. The van der Waals surface area contributed by atoms with E-state index in [-0.39, 0.29) is 42.4 Å². The van der Waals surface area contributed by atoms with Gasteiger partial charge in [-0.05, 0) is 31.9 Å². The highest BCUT2D eigenvalue weighted by Gasteiger charge is 2.29. The lowest BCUT2D eigenvalue weighted by atomic mass is 10.2. The van der Waals surface area contributed by atoms with Gasteiger partial charge in [-0.15, -0.1) is 12.4 Å². The number of benzene rings is 1. The molecule has 0 spiro atoms. The van der Waals surface area contributed by atoms with Gasteiger partial charge in [-0.3, -0.25) is 4.79 Å². The number of carbonyl (C=O) groups excluding carboxylic acids is 1. The molecule has 2 atom stereocenters. The maximum Gasteiger partial charge on any atom is 0.249 e. The van der Waals surface area contributed by atoms with Crippen LogP contribution in [0.15, 0.2) is 29.2 Å². The van der Waals surface area contributed by atoms with Crippen molar-refractivity contribution in [3.8, 4) is 0 Å². The number of amides is 1. The third-order valence-corrected chi connectivity index (χ3v) is 5.19. The highest BCUT2D eigenvalue weighted by molar-refractivity contribution is 7.89. The Hall–Kier alpha value is -1.19. The lowest BCUT2D eigenvalue weighted by Crippen LogP contribution is -2.40. The topological polar surface area (TPSA) is 111 Å². The van der Waals surface area contributed by atoms with E-state index in [0.717, 1.165) is 12.0 Å². The molecular formula is C15H24ClN3O4S. The first-order valence-corrected chi connectivity index (χ1v) is 9.10. The van der Waals surface area contributed by atoms with Gasteiger partial charge < -0.3 is 15.8 Å². The largest absolute Gasteiger partial charge is 0.364 e. The molecule has 9 heteroatoms. The minimum Gasteiger partial charge on any atom is -0.364 e. The first-order valence-electron chi connectivity index (χ1n) is 7.62. The molecule has 1 aromatic rings. The van der Waals surface area contributed by atoms with Gasteiger partial charge in [0.15, 0.2) is 0 Å². The number of halogens is 1. The van der Waals surface area contributed by atoms with Crippen LogP contribution in [0, 0.1) is 6.92 Å². The van der Waals surface area contributed by atoms with E-state index in [4.69, 9.17) is 10.5 Å². The van der Waals surface area contributed by atoms with E-state index in [0.29, 0.717) is 13.0 Å². The van der Waals surface area contributed by atoms with E-state index in [1.54, 1.807) is 24.3 Å². The molecule has 1 aliphatic heterocycles. The molecule has 1 amide bonds. The molecule has 1 heterocycles. The summed E-state index contributed by atoms with van der Waals surface area (Å²) in [5, 5.41) is 2.67. The Morgan fingerprint density at radius 3 is 2.50 bits per heavy atom. The molecule has 4 N–H and O–H groups in total. The molecule has 1 saturated heterocycles. The normalized spacial score (nSPS) is 20.4. The standard InChI is InChI=1S/C15H23N3O4S.ClH/c1-11-2-5-13(6-3-11)23(20,21)18-9-8-17-15(19)14-7-4-12(10-16)22-14;/h2-3,5-6,12,14,18H,4,7-10,16H2,1H3,(H,17,19);1H/t12-,14+;/m1./s1. The molecular weight excluding hydrogens is 354 g/mol. The summed E-state index contributed by atoms with van der Waals surface area (Å²) in [7, 11) is -3.56. The average Bonchev–Trinajstić information content (AvgIpc) is 3.01. The van der Waals surface area contributed by atoms with E-state index in [2.05, 4.69) is 10.0 Å². The van der Waals surface area contributed by atoms with E-state index >= 15 is 0 Å². The van der Waals surface area contributed by atoms with E-state index in [9.17, 15) is 13.2 Å². The number of aryl methyl sites for hydroxylation is 1. The summed E-state index contributed by atoms with van der Waals surface area (Å²) in [6.45, 7) is 2.62. The van der Waals surface area contributed by atoms with Crippen molar-refractivity contribution in [1.29, 1.82) is 0 Å². The molecule has 0 unspecified atom stereocenters. The monoisotopic (exact) mass is 377 g/mol. The lowest BCUT2D eigenvalue weighted by molar-refractivity contribution is -0.131. The highest BCUT2D eigenvalue weighted by atomic mass is 35.5. The SMILES string of the molecule is Cc1ccc(S(=O)(=O)NCCNC(=O)[C@@H]2CC[C@H](CN)O2)cc1.Cl. The van der Waals surface area contributed by atoms with E-state index in [1.165, 1.54) is 0 Å². The maximum absolute atomic E-state index is 12.1. The molecule has 24 heavy (non-hydrogen) atoms. The summed E-state index contributed by atoms with van der Waals surface area (Å²) in [5.41, 5.74) is 6.49. The Morgan fingerprint density at radius 2 is 1.92 bits per heavy atom. The summed E-state index contributed by atoms with van der Waals surface area (Å²) >= 11 is 0. The summed E-state index contributed by atoms with van der Waals surface area (Å²) in [4.78, 5) is 12.1. The maximum atomic E-state index is 12.1. The lowest BCUT2D eigenvalue weighted by Gasteiger charge is -2.13. The summed E-state index contributed by atoms with van der Waals surface area (Å²) < 4.78 is 32.1. The second-order valence-electron chi connectivity index (χ2n) is 5.56. The number of carbonyl (C=O) groups is 1. The fraction of sp³-hybridized carbons (Fsp3) is 0.533. The third-order valence-electron chi connectivity index (χ3n) is 3.71. The van der Waals surface area contributed by atoms with Gasteiger partial charge in [0, 0.05) is 19.6 Å². The fourth-order valence-corrected chi connectivity index (χ4v) is 3.39. The second-order valence-corrected chi connectivity index (χ2v) is 7.33. The number of sulfonamides is 1. The molecule has 0 radical (unpaired) electrons. The van der Waals surface area contributed by atoms with Crippen LogP contribution in [-0.4, -0.2) is 46.2 Å². The van der Waals surface area contributed by atoms with Crippen LogP contribution in [0.5, 0.6) is 0 Å². The summed E-state index contributed by atoms with van der Waals surface area (Å²) in [6, 6.07) is 6.58. The zero-order chi connectivity index (χ0) is 16.9. The third kappa shape index (κ3) is 5.71. The predicted molar refractivity (Wildman–Crippen MR) is 93.6 cm³/mol. The number of ether oxygens (including phenoxy) is 1. The van der Waals surface area contributed by atoms with E-state index < -0.39 is 16.1 Å². The van der Waals surface area contributed by atoms with Gasteiger partial charge in [-0.2, -0.15) is 0 Å². The van der Waals surface area contributed by atoms with Gasteiger partial charge in [0.1, 0.15) is 6.10 Å². The van der Waals surface area contributed by atoms with Crippen molar-refractivity contribution in [3.05, 3.63) is 29.8 Å². The Bertz CT molecular complexity index is 637. The van der Waals surface area contributed by atoms with Crippen molar-refractivity contribution in [2.45, 2.75) is 36.9 Å². The van der Waals surface area contributed by atoms with Crippen LogP contribution in [0.3, 0.4) is 0 Å². The second kappa shape index (κ2) is 9.33. The minimum absolute atomic E-state index is 0. The number of nitrogens with two attached hydrogens (primary N) is 1.